The molecule has 12 heavy (non-hydrogen) atoms. The molecule has 0 radical (unpaired) electrons. The van der Waals surface area contributed by atoms with Gasteiger partial charge in [0, 0.05) is 0 Å². The summed E-state index contributed by atoms with van der Waals surface area (Å²) in [6.07, 6.45) is 8.07. The number of rotatable bonds is 1. The maximum Gasteiger partial charge on any atom is 1.00 e. The molecule has 1 aliphatic rings. The predicted molar refractivity (Wildman–Crippen MR) is 49.5 cm³/mol. The van der Waals surface area contributed by atoms with Crippen LogP contribution < -0.4 is 58.2 Å². The zero-order valence-electron chi connectivity index (χ0n) is 8.33. The van der Waals surface area contributed by atoms with Crippen molar-refractivity contribution >= 4 is 5.71 Å². The largest absolute Gasteiger partial charge is 1.00 e. The van der Waals surface area contributed by atoms with Crippen molar-refractivity contribution in [3.63, 3.8) is 0 Å². The third-order valence-electron chi connectivity index (χ3n) is 1.67. The molecule has 1 heterocycles. The third kappa shape index (κ3) is 4.17. The predicted octanol–water partition coefficient (Wildman–Crippen LogP) is -0.235. The Morgan fingerprint density at radius 3 is 2.58 bits per heavy atom. The second kappa shape index (κ2) is 6.30. The zero-order valence-corrected chi connectivity index (χ0v) is 13.3. The van der Waals surface area contributed by atoms with Gasteiger partial charge in [0.15, 0.2) is 0 Å². The van der Waals surface area contributed by atoms with Crippen molar-refractivity contribution in [2.75, 3.05) is 0 Å². The molecule has 0 spiro atoms. The van der Waals surface area contributed by atoms with Crippen molar-refractivity contribution < 1.29 is 58.2 Å². The molecular formula is C10H14NRb. The minimum atomic E-state index is 0. The van der Waals surface area contributed by atoms with E-state index < -0.39 is 0 Å². The number of aliphatic imine (C=N–C) groups is 1. The minimum absolute atomic E-state index is 0. The summed E-state index contributed by atoms with van der Waals surface area (Å²) in [4.78, 5) is 4.30. The van der Waals surface area contributed by atoms with Crippen molar-refractivity contribution in [2.45, 2.75) is 20.8 Å². The Morgan fingerprint density at radius 1 is 1.33 bits per heavy atom. The SMILES string of the molecule is C[C-]1C=CN=C(C(C)C)C=C1.[Rb+]. The Morgan fingerprint density at radius 2 is 2.00 bits per heavy atom. The molecule has 1 rings (SSSR count). The van der Waals surface area contributed by atoms with Crippen LogP contribution in [-0.4, -0.2) is 5.71 Å². The van der Waals surface area contributed by atoms with E-state index in [9.17, 15) is 0 Å². The first kappa shape index (κ1) is 12.8. The molecule has 0 bridgehead atoms. The van der Waals surface area contributed by atoms with Crippen LogP contribution in [0.5, 0.6) is 0 Å². The number of hydrogen-bond acceptors (Lipinski definition) is 1. The molecule has 0 aromatic rings. The summed E-state index contributed by atoms with van der Waals surface area (Å²) in [5, 5.41) is 0. The standard InChI is InChI=1S/C10H14N.Rb/c1-8(2)10-5-4-9(3)6-7-11-10;/h4-8H,1-3H3;/q-1;+1. The number of hydrogen-bond donors (Lipinski definition) is 0. The van der Waals surface area contributed by atoms with Crippen molar-refractivity contribution in [3.05, 3.63) is 30.3 Å². The first-order valence-corrected chi connectivity index (χ1v) is 3.96. The molecule has 2 heteroatoms. The van der Waals surface area contributed by atoms with Crippen LogP contribution >= 0.6 is 0 Å². The average molecular weight is 234 g/mol. The zero-order chi connectivity index (χ0) is 8.27. The van der Waals surface area contributed by atoms with Gasteiger partial charge in [0.2, 0.25) is 0 Å². The van der Waals surface area contributed by atoms with Crippen molar-refractivity contribution in [1.82, 2.24) is 0 Å². The summed E-state index contributed by atoms with van der Waals surface area (Å²) < 4.78 is 0. The van der Waals surface area contributed by atoms with Gasteiger partial charge in [0.1, 0.15) is 0 Å². The van der Waals surface area contributed by atoms with Gasteiger partial charge in [-0.1, -0.05) is 27.0 Å². The smallest absolute Gasteiger partial charge is 0.337 e. The van der Waals surface area contributed by atoms with Crippen molar-refractivity contribution in [3.8, 4) is 0 Å². The molecule has 60 valence electrons. The molecule has 0 fully saturated rings. The van der Waals surface area contributed by atoms with Crippen LogP contribution in [0.25, 0.3) is 0 Å². The van der Waals surface area contributed by atoms with Crippen LogP contribution in [0.15, 0.2) is 29.4 Å². The van der Waals surface area contributed by atoms with E-state index in [-0.39, 0.29) is 58.2 Å². The molecule has 0 aromatic carbocycles. The fourth-order valence-electron chi connectivity index (χ4n) is 0.898. The maximum atomic E-state index is 4.30. The molecule has 0 aliphatic carbocycles. The van der Waals surface area contributed by atoms with E-state index in [1.165, 1.54) is 5.92 Å². The Labute approximate surface area is 124 Å². The monoisotopic (exact) mass is 233 g/mol. The van der Waals surface area contributed by atoms with E-state index in [0.717, 1.165) is 5.71 Å². The molecular weight excluding hydrogens is 220 g/mol. The first-order valence-electron chi connectivity index (χ1n) is 3.96. The third-order valence-corrected chi connectivity index (χ3v) is 1.67. The molecule has 0 N–H and O–H groups in total. The first-order chi connectivity index (χ1) is 5.20. The van der Waals surface area contributed by atoms with E-state index in [1.807, 2.05) is 12.3 Å². The Balaban J connectivity index is 0.00000121. The van der Waals surface area contributed by atoms with Crippen LogP contribution in [0, 0.1) is 11.8 Å². The van der Waals surface area contributed by atoms with E-state index >= 15 is 0 Å². The topological polar surface area (TPSA) is 12.4 Å². The second-order valence-electron chi connectivity index (χ2n) is 3.10. The molecule has 0 unspecified atom stereocenters. The van der Waals surface area contributed by atoms with Crippen LogP contribution in [0.2, 0.25) is 0 Å². The Hall–Kier alpha value is 0.825. The van der Waals surface area contributed by atoms with Gasteiger partial charge in [0.05, 0.1) is 0 Å². The van der Waals surface area contributed by atoms with E-state index in [0.29, 0.717) is 5.92 Å². The van der Waals surface area contributed by atoms with Crippen LogP contribution in [-0.2, 0) is 0 Å². The second-order valence-corrected chi connectivity index (χ2v) is 3.10. The minimum Gasteiger partial charge on any atom is -0.337 e. The molecule has 0 amide bonds. The number of nitrogens with zero attached hydrogens (tertiary/aromatic N) is 1. The molecule has 1 aliphatic heterocycles. The van der Waals surface area contributed by atoms with E-state index in [2.05, 4.69) is 37.9 Å². The van der Waals surface area contributed by atoms with E-state index in [4.69, 9.17) is 0 Å². The summed E-state index contributed by atoms with van der Waals surface area (Å²) in [7, 11) is 0. The summed E-state index contributed by atoms with van der Waals surface area (Å²) in [5.74, 6) is 1.77. The van der Waals surface area contributed by atoms with Crippen LogP contribution in [0.3, 0.4) is 0 Å². The van der Waals surface area contributed by atoms with Crippen molar-refractivity contribution in [1.29, 1.82) is 0 Å². The normalized spacial score (nSPS) is 15.7. The summed E-state index contributed by atoms with van der Waals surface area (Å²) >= 11 is 0. The molecule has 0 aromatic heterocycles. The van der Waals surface area contributed by atoms with E-state index in [1.54, 1.807) is 0 Å². The maximum absolute atomic E-state index is 4.30. The summed E-state index contributed by atoms with van der Waals surface area (Å²) in [6.45, 7) is 6.38. The molecule has 0 atom stereocenters. The van der Waals surface area contributed by atoms with Crippen molar-refractivity contribution in [2.24, 2.45) is 10.9 Å². The van der Waals surface area contributed by atoms with Gasteiger partial charge in [-0.3, -0.25) is 0 Å². The summed E-state index contributed by atoms with van der Waals surface area (Å²) in [5.41, 5.74) is 1.15. The van der Waals surface area contributed by atoms with Gasteiger partial charge in [-0.05, 0) is 11.6 Å². The van der Waals surface area contributed by atoms with Gasteiger partial charge in [0.25, 0.3) is 0 Å². The van der Waals surface area contributed by atoms with Gasteiger partial charge in [-0.2, -0.15) is 18.1 Å². The summed E-state index contributed by atoms with van der Waals surface area (Å²) in [6, 6.07) is 0. The average Bonchev–Trinajstić information content (AvgIpc) is 2.13. The van der Waals surface area contributed by atoms with Gasteiger partial charge in [-0.15, -0.1) is 6.08 Å². The Kier molecular flexibility index (Phi) is 6.74. The fraction of sp³-hybridized carbons (Fsp3) is 0.400. The van der Waals surface area contributed by atoms with Crippen LogP contribution in [0.4, 0.5) is 0 Å². The Bertz CT molecular complexity index is 214. The number of allylic oxidation sites excluding steroid dienone is 3. The fourth-order valence-corrected chi connectivity index (χ4v) is 0.898. The van der Waals surface area contributed by atoms with Gasteiger partial charge in [-0.25, -0.2) is 0 Å². The van der Waals surface area contributed by atoms with Gasteiger partial charge < -0.3 is 4.99 Å². The van der Waals surface area contributed by atoms with Crippen LogP contribution in [0.1, 0.15) is 20.8 Å². The quantitative estimate of drug-likeness (QED) is 0.555. The molecule has 0 saturated heterocycles. The van der Waals surface area contributed by atoms with Gasteiger partial charge >= 0.3 is 58.2 Å². The molecule has 1 nitrogen and oxygen atoms in total. The molecule has 0 saturated carbocycles.